The zero-order valence-electron chi connectivity index (χ0n) is 7.19. The van der Waals surface area contributed by atoms with Crippen LogP contribution < -0.4 is 5.32 Å². The van der Waals surface area contributed by atoms with Crippen LogP contribution in [0.1, 0.15) is 24.4 Å². The van der Waals surface area contributed by atoms with Crippen molar-refractivity contribution in [3.8, 4) is 0 Å². The second-order valence-electron chi connectivity index (χ2n) is 3.29. The molecule has 1 fully saturated rings. The smallest absolute Gasteiger partial charge is 0.0365 e. The molecule has 1 nitrogen and oxygen atoms in total. The topological polar surface area (TPSA) is 12.0 Å². The third-order valence-corrected chi connectivity index (χ3v) is 4.50. The second-order valence-corrected chi connectivity index (χ2v) is 4.94. The predicted octanol–water partition coefficient (Wildman–Crippen LogP) is 3.64. The standard InChI is InChI=1S/C10H11Br2N/c11-8-4-1-3-7(10(8)12)9-5-2-6-13-9/h1,3-4,9,13H,2,5-6H2/t9-/m1/s1. The molecule has 0 saturated carbocycles. The van der Waals surface area contributed by atoms with Crippen molar-refractivity contribution < 1.29 is 0 Å². The molecular formula is C10H11Br2N. The molecule has 70 valence electrons. The normalized spacial score (nSPS) is 22.2. The summed E-state index contributed by atoms with van der Waals surface area (Å²) in [6.07, 6.45) is 2.53. The Balaban J connectivity index is 2.33. The Hall–Kier alpha value is 0.140. The Morgan fingerprint density at radius 3 is 2.85 bits per heavy atom. The summed E-state index contributed by atoms with van der Waals surface area (Å²) < 4.78 is 2.33. The molecule has 1 atom stereocenters. The third kappa shape index (κ3) is 1.97. The first kappa shape index (κ1) is 9.69. The van der Waals surface area contributed by atoms with Crippen LogP contribution in [0.4, 0.5) is 0 Å². The van der Waals surface area contributed by atoms with Crippen LogP contribution in [0, 0.1) is 0 Å². The summed E-state index contributed by atoms with van der Waals surface area (Å²) in [4.78, 5) is 0. The summed E-state index contributed by atoms with van der Waals surface area (Å²) in [5, 5.41) is 3.49. The van der Waals surface area contributed by atoms with Crippen molar-refractivity contribution in [2.24, 2.45) is 0 Å². The van der Waals surface area contributed by atoms with Crippen molar-refractivity contribution >= 4 is 31.9 Å². The summed E-state index contributed by atoms with van der Waals surface area (Å²) in [5.41, 5.74) is 1.37. The molecule has 3 heteroatoms. The molecule has 1 N–H and O–H groups in total. The largest absolute Gasteiger partial charge is 0.310 e. The first-order valence-electron chi connectivity index (χ1n) is 4.46. The van der Waals surface area contributed by atoms with Gasteiger partial charge in [-0.25, -0.2) is 0 Å². The molecule has 0 aliphatic carbocycles. The van der Waals surface area contributed by atoms with Gasteiger partial charge in [0.25, 0.3) is 0 Å². The van der Waals surface area contributed by atoms with Gasteiger partial charge in [0, 0.05) is 15.0 Å². The van der Waals surface area contributed by atoms with E-state index in [9.17, 15) is 0 Å². The molecular weight excluding hydrogens is 294 g/mol. The van der Waals surface area contributed by atoms with Gasteiger partial charge in [-0.05, 0) is 62.9 Å². The first-order valence-corrected chi connectivity index (χ1v) is 6.05. The fraction of sp³-hybridized carbons (Fsp3) is 0.400. The molecule has 1 saturated heterocycles. The summed E-state index contributed by atoms with van der Waals surface area (Å²) in [5.74, 6) is 0. The van der Waals surface area contributed by atoms with E-state index in [-0.39, 0.29) is 0 Å². The summed E-state index contributed by atoms with van der Waals surface area (Å²) in [6, 6.07) is 6.86. The molecule has 0 spiro atoms. The minimum absolute atomic E-state index is 0.534. The highest BCUT2D eigenvalue weighted by molar-refractivity contribution is 9.13. The van der Waals surface area contributed by atoms with Crippen LogP contribution in [0.25, 0.3) is 0 Å². The quantitative estimate of drug-likeness (QED) is 0.835. The van der Waals surface area contributed by atoms with Crippen molar-refractivity contribution in [3.63, 3.8) is 0 Å². The molecule has 1 aliphatic rings. The molecule has 1 aliphatic heterocycles. The van der Waals surface area contributed by atoms with Crippen LogP contribution in [0.3, 0.4) is 0 Å². The average molecular weight is 305 g/mol. The highest BCUT2D eigenvalue weighted by Crippen LogP contribution is 2.33. The Morgan fingerprint density at radius 1 is 1.31 bits per heavy atom. The maximum Gasteiger partial charge on any atom is 0.0365 e. The first-order chi connectivity index (χ1) is 6.29. The zero-order valence-corrected chi connectivity index (χ0v) is 10.4. The molecule has 0 bridgehead atoms. The van der Waals surface area contributed by atoms with Gasteiger partial charge in [-0.1, -0.05) is 12.1 Å². The van der Waals surface area contributed by atoms with E-state index < -0.39 is 0 Å². The fourth-order valence-corrected chi connectivity index (χ4v) is 2.66. The van der Waals surface area contributed by atoms with Crippen molar-refractivity contribution in [3.05, 3.63) is 32.7 Å². The van der Waals surface area contributed by atoms with Gasteiger partial charge >= 0.3 is 0 Å². The summed E-state index contributed by atoms with van der Waals surface area (Å²) in [6.45, 7) is 1.14. The van der Waals surface area contributed by atoms with Crippen LogP contribution in [0.15, 0.2) is 27.1 Å². The van der Waals surface area contributed by atoms with E-state index in [1.807, 2.05) is 0 Å². The minimum atomic E-state index is 0.534. The van der Waals surface area contributed by atoms with Gasteiger partial charge in [0.05, 0.1) is 0 Å². The number of benzene rings is 1. The number of nitrogens with one attached hydrogen (secondary N) is 1. The van der Waals surface area contributed by atoms with Gasteiger partial charge in [0.1, 0.15) is 0 Å². The molecule has 0 radical (unpaired) electrons. The molecule has 0 aromatic heterocycles. The summed E-state index contributed by atoms with van der Waals surface area (Å²) in [7, 11) is 0. The number of rotatable bonds is 1. The molecule has 1 heterocycles. The van der Waals surface area contributed by atoms with Gasteiger partial charge in [-0.2, -0.15) is 0 Å². The maximum atomic E-state index is 3.60. The van der Waals surface area contributed by atoms with Crippen molar-refractivity contribution in [1.29, 1.82) is 0 Å². The van der Waals surface area contributed by atoms with Crippen LogP contribution in [0.2, 0.25) is 0 Å². The molecule has 1 aromatic carbocycles. The predicted molar refractivity (Wildman–Crippen MR) is 61.8 cm³/mol. The van der Waals surface area contributed by atoms with Crippen LogP contribution >= 0.6 is 31.9 Å². The average Bonchev–Trinajstić information content (AvgIpc) is 2.62. The van der Waals surface area contributed by atoms with E-state index in [1.165, 1.54) is 22.9 Å². The monoisotopic (exact) mass is 303 g/mol. The molecule has 2 rings (SSSR count). The summed E-state index contributed by atoms with van der Waals surface area (Å²) >= 11 is 7.12. The van der Waals surface area contributed by atoms with Crippen molar-refractivity contribution in [1.82, 2.24) is 5.32 Å². The van der Waals surface area contributed by atoms with E-state index in [0.717, 1.165) is 11.0 Å². The van der Waals surface area contributed by atoms with Crippen molar-refractivity contribution in [2.75, 3.05) is 6.54 Å². The van der Waals surface area contributed by atoms with E-state index in [0.29, 0.717) is 6.04 Å². The molecule has 0 unspecified atom stereocenters. The Morgan fingerprint density at radius 2 is 2.15 bits per heavy atom. The van der Waals surface area contributed by atoms with Crippen LogP contribution in [-0.2, 0) is 0 Å². The molecule has 0 amide bonds. The third-order valence-electron chi connectivity index (χ3n) is 2.42. The Bertz CT molecular complexity index is 306. The minimum Gasteiger partial charge on any atom is -0.310 e. The van der Waals surface area contributed by atoms with Crippen LogP contribution in [-0.4, -0.2) is 6.54 Å². The van der Waals surface area contributed by atoms with Gasteiger partial charge in [-0.3, -0.25) is 0 Å². The van der Waals surface area contributed by atoms with E-state index in [4.69, 9.17) is 0 Å². The lowest BCUT2D eigenvalue weighted by Gasteiger charge is -2.13. The number of halogens is 2. The molecule has 1 aromatic rings. The Kier molecular flexibility index (Phi) is 3.06. The van der Waals surface area contributed by atoms with E-state index in [2.05, 4.69) is 55.4 Å². The number of hydrogen-bond acceptors (Lipinski definition) is 1. The highest BCUT2D eigenvalue weighted by Gasteiger charge is 2.18. The van der Waals surface area contributed by atoms with E-state index in [1.54, 1.807) is 0 Å². The van der Waals surface area contributed by atoms with Crippen LogP contribution in [0.5, 0.6) is 0 Å². The van der Waals surface area contributed by atoms with Gasteiger partial charge in [0.2, 0.25) is 0 Å². The SMILES string of the molecule is Brc1cccc([C@H]2CCCN2)c1Br. The second kappa shape index (κ2) is 4.11. The van der Waals surface area contributed by atoms with Crippen molar-refractivity contribution in [2.45, 2.75) is 18.9 Å². The van der Waals surface area contributed by atoms with Gasteiger partial charge in [0.15, 0.2) is 0 Å². The maximum absolute atomic E-state index is 3.60. The zero-order chi connectivity index (χ0) is 9.26. The number of hydrogen-bond donors (Lipinski definition) is 1. The lowest BCUT2D eigenvalue weighted by molar-refractivity contribution is 0.644. The lowest BCUT2D eigenvalue weighted by atomic mass is 10.1. The lowest BCUT2D eigenvalue weighted by Crippen LogP contribution is -2.13. The van der Waals surface area contributed by atoms with Gasteiger partial charge in [-0.15, -0.1) is 0 Å². The Labute approximate surface area is 95.2 Å². The highest BCUT2D eigenvalue weighted by atomic mass is 79.9. The van der Waals surface area contributed by atoms with E-state index >= 15 is 0 Å². The van der Waals surface area contributed by atoms with Gasteiger partial charge < -0.3 is 5.32 Å². The fourth-order valence-electron chi connectivity index (χ4n) is 1.74. The molecule has 13 heavy (non-hydrogen) atoms.